The van der Waals surface area contributed by atoms with Gasteiger partial charge in [-0.25, -0.2) is 0 Å². The van der Waals surface area contributed by atoms with Crippen LogP contribution in [0.25, 0.3) is 0 Å². The van der Waals surface area contributed by atoms with Crippen LogP contribution in [0.1, 0.15) is 25.1 Å². The molecule has 0 radical (unpaired) electrons. The lowest BCUT2D eigenvalue weighted by Gasteiger charge is -2.08. The first-order valence-electron chi connectivity index (χ1n) is 3.65. The first kappa shape index (κ1) is 8.01. The number of aromatic hydroxyl groups is 1. The van der Waals surface area contributed by atoms with Gasteiger partial charge in [0.2, 0.25) is 0 Å². The summed E-state index contributed by atoms with van der Waals surface area (Å²) in [6.07, 6.45) is 2.41. The molecular formula is C8H12N2O. The van der Waals surface area contributed by atoms with E-state index in [1.54, 1.807) is 18.3 Å². The van der Waals surface area contributed by atoms with Crippen LogP contribution in [0, 0.1) is 0 Å². The summed E-state index contributed by atoms with van der Waals surface area (Å²) < 4.78 is 0. The van der Waals surface area contributed by atoms with E-state index in [1.807, 2.05) is 6.92 Å². The fourth-order valence-electron chi connectivity index (χ4n) is 0.888. The summed E-state index contributed by atoms with van der Waals surface area (Å²) in [4.78, 5) is 3.97. The quantitative estimate of drug-likeness (QED) is 0.669. The van der Waals surface area contributed by atoms with Gasteiger partial charge in [-0.2, -0.15) is 0 Å². The zero-order valence-corrected chi connectivity index (χ0v) is 6.49. The molecular weight excluding hydrogens is 140 g/mol. The normalized spacial score (nSPS) is 12.9. The highest BCUT2D eigenvalue weighted by atomic mass is 16.3. The third-order valence-corrected chi connectivity index (χ3v) is 1.61. The smallest absolute Gasteiger partial charge is 0.138 e. The maximum Gasteiger partial charge on any atom is 0.138 e. The van der Waals surface area contributed by atoms with E-state index in [0.29, 0.717) is 5.69 Å². The predicted octanol–water partition coefficient (Wildman–Crippen LogP) is 1.20. The third-order valence-electron chi connectivity index (χ3n) is 1.61. The molecule has 0 saturated heterocycles. The van der Waals surface area contributed by atoms with Gasteiger partial charge in [0, 0.05) is 6.20 Å². The van der Waals surface area contributed by atoms with Crippen molar-refractivity contribution in [2.75, 3.05) is 0 Å². The van der Waals surface area contributed by atoms with Crippen LogP contribution < -0.4 is 5.73 Å². The number of hydrogen-bond donors (Lipinski definition) is 2. The first-order valence-corrected chi connectivity index (χ1v) is 3.65. The van der Waals surface area contributed by atoms with Crippen LogP contribution in [0.2, 0.25) is 0 Å². The molecule has 0 bridgehead atoms. The third kappa shape index (κ3) is 1.68. The van der Waals surface area contributed by atoms with E-state index >= 15 is 0 Å². The lowest BCUT2D eigenvalue weighted by molar-refractivity contribution is 0.454. The number of rotatable bonds is 2. The molecule has 1 rings (SSSR count). The summed E-state index contributed by atoms with van der Waals surface area (Å²) in [7, 11) is 0. The molecule has 0 amide bonds. The average molecular weight is 152 g/mol. The van der Waals surface area contributed by atoms with Gasteiger partial charge in [0.15, 0.2) is 0 Å². The number of nitrogens with two attached hydrogens (primary N) is 1. The van der Waals surface area contributed by atoms with Gasteiger partial charge in [0.25, 0.3) is 0 Å². The minimum absolute atomic E-state index is 0.156. The van der Waals surface area contributed by atoms with Crippen LogP contribution in [0.5, 0.6) is 5.75 Å². The van der Waals surface area contributed by atoms with Gasteiger partial charge in [-0.15, -0.1) is 0 Å². The van der Waals surface area contributed by atoms with E-state index in [1.165, 1.54) is 0 Å². The minimum Gasteiger partial charge on any atom is -0.506 e. The van der Waals surface area contributed by atoms with E-state index in [-0.39, 0.29) is 11.8 Å². The van der Waals surface area contributed by atoms with E-state index in [4.69, 9.17) is 5.73 Å². The van der Waals surface area contributed by atoms with Gasteiger partial charge >= 0.3 is 0 Å². The van der Waals surface area contributed by atoms with Crippen LogP contribution in [0.15, 0.2) is 18.3 Å². The maximum absolute atomic E-state index is 9.27. The minimum atomic E-state index is -0.156. The number of nitrogens with zero attached hydrogens (tertiary/aromatic N) is 1. The van der Waals surface area contributed by atoms with E-state index in [9.17, 15) is 5.11 Å². The molecule has 1 atom stereocenters. The van der Waals surface area contributed by atoms with Crippen LogP contribution in [-0.4, -0.2) is 10.1 Å². The Morgan fingerprint density at radius 1 is 1.73 bits per heavy atom. The fraction of sp³-hybridized carbons (Fsp3) is 0.375. The second-order valence-electron chi connectivity index (χ2n) is 2.42. The molecule has 0 saturated carbocycles. The SMILES string of the molecule is CCC(N)c1ncccc1O. The Morgan fingerprint density at radius 3 is 3.00 bits per heavy atom. The summed E-state index contributed by atoms with van der Waals surface area (Å²) in [6.45, 7) is 1.96. The monoisotopic (exact) mass is 152 g/mol. The fourth-order valence-corrected chi connectivity index (χ4v) is 0.888. The Labute approximate surface area is 65.9 Å². The average Bonchev–Trinajstić information content (AvgIpc) is 2.04. The van der Waals surface area contributed by atoms with Crippen molar-refractivity contribution in [2.45, 2.75) is 19.4 Å². The molecule has 3 heteroatoms. The highest BCUT2D eigenvalue weighted by molar-refractivity contribution is 5.27. The highest BCUT2D eigenvalue weighted by Crippen LogP contribution is 2.20. The molecule has 1 unspecified atom stereocenters. The van der Waals surface area contributed by atoms with Gasteiger partial charge in [0.05, 0.1) is 11.7 Å². The van der Waals surface area contributed by atoms with E-state index < -0.39 is 0 Å². The molecule has 0 aliphatic carbocycles. The molecule has 1 aromatic heterocycles. The Balaban J connectivity index is 2.93. The van der Waals surface area contributed by atoms with Crippen molar-refractivity contribution >= 4 is 0 Å². The van der Waals surface area contributed by atoms with Gasteiger partial charge in [-0.3, -0.25) is 4.98 Å². The molecule has 0 aromatic carbocycles. The summed E-state index contributed by atoms with van der Waals surface area (Å²) in [5, 5.41) is 9.27. The molecule has 1 aromatic rings. The summed E-state index contributed by atoms with van der Waals surface area (Å²) in [5.41, 5.74) is 6.25. The van der Waals surface area contributed by atoms with Crippen molar-refractivity contribution in [3.63, 3.8) is 0 Å². The summed E-state index contributed by atoms with van der Waals surface area (Å²) in [5.74, 6) is 0.182. The Hall–Kier alpha value is -1.09. The Kier molecular flexibility index (Phi) is 2.44. The van der Waals surface area contributed by atoms with Crippen molar-refractivity contribution in [1.82, 2.24) is 4.98 Å². The molecule has 0 spiro atoms. The zero-order valence-electron chi connectivity index (χ0n) is 6.49. The van der Waals surface area contributed by atoms with Gasteiger partial charge < -0.3 is 10.8 Å². The van der Waals surface area contributed by atoms with E-state index in [0.717, 1.165) is 6.42 Å². The second-order valence-corrected chi connectivity index (χ2v) is 2.42. The molecule has 0 aliphatic rings. The maximum atomic E-state index is 9.27. The van der Waals surface area contributed by atoms with Gasteiger partial charge in [-0.1, -0.05) is 6.92 Å². The van der Waals surface area contributed by atoms with Crippen LogP contribution >= 0.6 is 0 Å². The van der Waals surface area contributed by atoms with Crippen LogP contribution in [0.4, 0.5) is 0 Å². The highest BCUT2D eigenvalue weighted by Gasteiger charge is 2.08. The molecule has 3 nitrogen and oxygen atoms in total. The van der Waals surface area contributed by atoms with Crippen LogP contribution in [-0.2, 0) is 0 Å². The summed E-state index contributed by atoms with van der Waals surface area (Å²) in [6, 6.07) is 3.12. The molecule has 0 fully saturated rings. The van der Waals surface area contributed by atoms with Crippen LogP contribution in [0.3, 0.4) is 0 Å². The standard InChI is InChI=1S/C8H12N2O/c1-2-6(9)8-7(11)4-3-5-10-8/h3-6,11H,2,9H2,1H3. The molecule has 3 N–H and O–H groups in total. The Bertz CT molecular complexity index is 237. The summed E-state index contributed by atoms with van der Waals surface area (Å²) >= 11 is 0. The molecule has 11 heavy (non-hydrogen) atoms. The second kappa shape index (κ2) is 3.34. The molecule has 60 valence electrons. The van der Waals surface area contributed by atoms with E-state index in [2.05, 4.69) is 4.98 Å². The van der Waals surface area contributed by atoms with Crippen molar-refractivity contribution in [3.8, 4) is 5.75 Å². The van der Waals surface area contributed by atoms with Crippen molar-refractivity contribution < 1.29 is 5.11 Å². The van der Waals surface area contributed by atoms with Crippen molar-refractivity contribution in [2.24, 2.45) is 5.73 Å². The molecule has 1 heterocycles. The first-order chi connectivity index (χ1) is 5.25. The topological polar surface area (TPSA) is 59.1 Å². The Morgan fingerprint density at radius 2 is 2.45 bits per heavy atom. The van der Waals surface area contributed by atoms with Gasteiger partial charge in [-0.05, 0) is 18.6 Å². The number of aromatic nitrogens is 1. The van der Waals surface area contributed by atoms with Crippen molar-refractivity contribution in [3.05, 3.63) is 24.0 Å². The number of hydrogen-bond acceptors (Lipinski definition) is 3. The predicted molar refractivity (Wildman–Crippen MR) is 43.1 cm³/mol. The zero-order chi connectivity index (χ0) is 8.27. The van der Waals surface area contributed by atoms with Gasteiger partial charge in [0.1, 0.15) is 5.75 Å². The number of pyridine rings is 1. The van der Waals surface area contributed by atoms with Crippen molar-refractivity contribution in [1.29, 1.82) is 0 Å². The largest absolute Gasteiger partial charge is 0.506 e. The molecule has 0 aliphatic heterocycles. The lowest BCUT2D eigenvalue weighted by atomic mass is 10.1. The lowest BCUT2D eigenvalue weighted by Crippen LogP contribution is -2.10.